The van der Waals surface area contributed by atoms with Crippen molar-refractivity contribution in [1.82, 2.24) is 20.2 Å². The predicted octanol–water partition coefficient (Wildman–Crippen LogP) is 2.45. The van der Waals surface area contributed by atoms with Crippen LogP contribution in [0, 0.1) is 0 Å². The van der Waals surface area contributed by atoms with Gasteiger partial charge in [0.1, 0.15) is 11.4 Å². The first-order valence-electron chi connectivity index (χ1n) is 8.06. The molecule has 7 nitrogen and oxygen atoms in total. The van der Waals surface area contributed by atoms with Gasteiger partial charge in [0.25, 0.3) is 5.56 Å². The molecule has 0 bridgehead atoms. The summed E-state index contributed by atoms with van der Waals surface area (Å²) in [5.41, 5.74) is 1.59. The van der Waals surface area contributed by atoms with E-state index in [-0.39, 0.29) is 11.5 Å². The number of hydrogen-bond donors (Lipinski definition) is 2. The summed E-state index contributed by atoms with van der Waals surface area (Å²) in [6.07, 6.45) is 2.27. The predicted molar refractivity (Wildman–Crippen MR) is 96.8 cm³/mol. The molecule has 4 rings (SSSR count). The highest BCUT2D eigenvalue weighted by molar-refractivity contribution is 6.30. The number of aromatic amines is 2. The molecule has 1 fully saturated rings. The maximum atomic E-state index is 12.0. The summed E-state index contributed by atoms with van der Waals surface area (Å²) in [6.45, 7) is 0. The number of hydrogen-bond acceptors (Lipinski definition) is 5. The van der Waals surface area contributed by atoms with E-state index in [0.717, 1.165) is 17.7 Å². The molecular formula is C18H15ClN4O3. The van der Waals surface area contributed by atoms with Gasteiger partial charge < -0.3 is 9.72 Å². The number of halogens is 1. The fourth-order valence-corrected chi connectivity index (χ4v) is 3.37. The van der Waals surface area contributed by atoms with E-state index in [0.29, 0.717) is 16.8 Å². The van der Waals surface area contributed by atoms with Crippen molar-refractivity contribution in [3.8, 4) is 17.0 Å². The molecule has 1 aliphatic carbocycles. The number of aromatic nitrogens is 4. The number of nitrogens with zero attached hydrogens (tertiary/aromatic N) is 2. The van der Waals surface area contributed by atoms with E-state index < -0.39 is 11.2 Å². The third-order valence-electron chi connectivity index (χ3n) is 4.61. The van der Waals surface area contributed by atoms with Crippen molar-refractivity contribution >= 4 is 11.6 Å². The molecule has 1 aliphatic rings. The monoisotopic (exact) mass is 370 g/mol. The van der Waals surface area contributed by atoms with Crippen LogP contribution in [-0.2, 0) is 0 Å². The number of H-pyrrole nitrogens is 2. The van der Waals surface area contributed by atoms with Crippen molar-refractivity contribution in [2.45, 2.75) is 18.3 Å². The van der Waals surface area contributed by atoms with Crippen molar-refractivity contribution in [2.75, 3.05) is 7.11 Å². The zero-order chi connectivity index (χ0) is 18.3. The van der Waals surface area contributed by atoms with E-state index in [9.17, 15) is 9.59 Å². The Morgan fingerprint density at radius 1 is 1.15 bits per heavy atom. The smallest absolute Gasteiger partial charge is 0.325 e. The molecular weight excluding hydrogens is 356 g/mol. The van der Waals surface area contributed by atoms with Crippen LogP contribution in [0.4, 0.5) is 0 Å². The number of nitrogens with one attached hydrogen (secondary N) is 2. The van der Waals surface area contributed by atoms with Gasteiger partial charge in [-0.2, -0.15) is 0 Å². The van der Waals surface area contributed by atoms with Crippen molar-refractivity contribution in [3.05, 3.63) is 73.6 Å². The van der Waals surface area contributed by atoms with Crippen LogP contribution in [0.1, 0.15) is 29.4 Å². The minimum atomic E-state index is -0.567. The Morgan fingerprint density at radius 2 is 1.92 bits per heavy atom. The minimum absolute atomic E-state index is 0.215. The first-order chi connectivity index (χ1) is 12.6. The summed E-state index contributed by atoms with van der Waals surface area (Å²) in [5.74, 6) is 1.37. The molecule has 0 unspecified atom stereocenters. The zero-order valence-corrected chi connectivity index (χ0v) is 14.6. The Labute approximate surface area is 153 Å². The van der Waals surface area contributed by atoms with Crippen LogP contribution in [0.15, 0.2) is 46.1 Å². The van der Waals surface area contributed by atoms with Crippen LogP contribution >= 0.6 is 11.6 Å². The number of benzene rings is 1. The molecule has 3 aromatic rings. The van der Waals surface area contributed by atoms with E-state index >= 15 is 0 Å². The molecule has 2 aromatic heterocycles. The van der Waals surface area contributed by atoms with E-state index in [1.54, 1.807) is 13.2 Å². The third-order valence-corrected chi connectivity index (χ3v) is 4.90. The Balaban J connectivity index is 1.65. The first-order valence-corrected chi connectivity index (χ1v) is 8.44. The number of rotatable bonds is 4. The van der Waals surface area contributed by atoms with Gasteiger partial charge in [-0.05, 0) is 47.6 Å². The fraction of sp³-hybridized carbons (Fsp3) is 0.222. The lowest BCUT2D eigenvalue weighted by atomic mass is 10.0. The van der Waals surface area contributed by atoms with Crippen LogP contribution in [-0.4, -0.2) is 27.3 Å². The second-order valence-corrected chi connectivity index (χ2v) is 6.54. The standard InChI is InChI=1S/C18H15ClN4O3/c1-26-10-4-2-9(3-5-10)11-6-12(11)13-7-15(22-23-16(13)19)14-8-20-18(25)21-17(14)24/h2-5,7-8,11-12H,6H2,1H3,(H2,20,21,24,25)/t11-,12+/m1/s1. The largest absolute Gasteiger partial charge is 0.497 e. The van der Waals surface area contributed by atoms with Crippen LogP contribution in [0.25, 0.3) is 11.3 Å². The SMILES string of the molecule is COc1ccc([C@H]2C[C@@H]2c2cc(-c3c[nH]c(=O)[nH]c3=O)nnc2Cl)cc1. The quantitative estimate of drug-likeness (QED) is 0.734. The van der Waals surface area contributed by atoms with Gasteiger partial charge in [0.2, 0.25) is 0 Å². The van der Waals surface area contributed by atoms with Crippen LogP contribution in [0.5, 0.6) is 5.75 Å². The second kappa shape index (κ2) is 6.42. The lowest BCUT2D eigenvalue weighted by Crippen LogP contribution is -2.23. The molecule has 8 heteroatoms. The number of ether oxygens (including phenoxy) is 1. The molecule has 1 saturated carbocycles. The molecule has 0 aliphatic heterocycles. The highest BCUT2D eigenvalue weighted by Gasteiger charge is 2.41. The molecule has 0 spiro atoms. The molecule has 26 heavy (non-hydrogen) atoms. The summed E-state index contributed by atoms with van der Waals surface area (Å²) in [4.78, 5) is 27.8. The highest BCUT2D eigenvalue weighted by atomic mass is 35.5. The van der Waals surface area contributed by atoms with Gasteiger partial charge in [-0.25, -0.2) is 4.79 Å². The van der Waals surface area contributed by atoms with E-state index in [1.165, 1.54) is 11.8 Å². The van der Waals surface area contributed by atoms with Gasteiger partial charge in [-0.3, -0.25) is 9.78 Å². The second-order valence-electron chi connectivity index (χ2n) is 6.18. The average molecular weight is 371 g/mol. The molecule has 2 N–H and O–H groups in total. The van der Waals surface area contributed by atoms with Crippen molar-refractivity contribution in [1.29, 1.82) is 0 Å². The normalized spacial score (nSPS) is 18.5. The van der Waals surface area contributed by atoms with Crippen LogP contribution < -0.4 is 16.0 Å². The molecule has 1 aromatic carbocycles. The van der Waals surface area contributed by atoms with Gasteiger partial charge in [0, 0.05) is 6.20 Å². The third kappa shape index (κ3) is 3.01. The molecule has 2 heterocycles. The van der Waals surface area contributed by atoms with Crippen LogP contribution in [0.3, 0.4) is 0 Å². The molecule has 132 valence electrons. The molecule has 0 saturated heterocycles. The van der Waals surface area contributed by atoms with Gasteiger partial charge >= 0.3 is 5.69 Å². The maximum Gasteiger partial charge on any atom is 0.325 e. The Kier molecular flexibility index (Phi) is 4.08. The van der Waals surface area contributed by atoms with Crippen molar-refractivity contribution < 1.29 is 4.74 Å². The summed E-state index contributed by atoms with van der Waals surface area (Å²) < 4.78 is 5.19. The Bertz CT molecular complexity index is 1070. The maximum absolute atomic E-state index is 12.0. The van der Waals surface area contributed by atoms with E-state index in [2.05, 4.69) is 20.2 Å². The van der Waals surface area contributed by atoms with Gasteiger partial charge in [-0.15, -0.1) is 10.2 Å². The minimum Gasteiger partial charge on any atom is -0.497 e. The van der Waals surface area contributed by atoms with Crippen molar-refractivity contribution in [3.63, 3.8) is 0 Å². The van der Waals surface area contributed by atoms with E-state index in [1.807, 2.05) is 24.3 Å². The molecule has 2 atom stereocenters. The van der Waals surface area contributed by atoms with E-state index in [4.69, 9.17) is 16.3 Å². The molecule has 0 amide bonds. The molecule has 0 radical (unpaired) electrons. The first kappa shape index (κ1) is 16.5. The average Bonchev–Trinajstić information content (AvgIpc) is 3.43. The lowest BCUT2D eigenvalue weighted by Gasteiger charge is -2.06. The van der Waals surface area contributed by atoms with Gasteiger partial charge in [-0.1, -0.05) is 23.7 Å². The summed E-state index contributed by atoms with van der Waals surface area (Å²) in [7, 11) is 1.64. The fourth-order valence-electron chi connectivity index (χ4n) is 3.14. The lowest BCUT2D eigenvalue weighted by molar-refractivity contribution is 0.414. The summed E-state index contributed by atoms with van der Waals surface area (Å²) in [6, 6.07) is 9.72. The van der Waals surface area contributed by atoms with Crippen LogP contribution in [0.2, 0.25) is 5.15 Å². The summed E-state index contributed by atoms with van der Waals surface area (Å²) >= 11 is 6.25. The Hall–Kier alpha value is -2.93. The topological polar surface area (TPSA) is 101 Å². The highest BCUT2D eigenvalue weighted by Crippen LogP contribution is 2.56. The zero-order valence-electron chi connectivity index (χ0n) is 13.8. The summed E-state index contributed by atoms with van der Waals surface area (Å²) in [5, 5.41) is 8.31. The number of methoxy groups -OCH3 is 1. The van der Waals surface area contributed by atoms with Gasteiger partial charge in [0.05, 0.1) is 12.7 Å². The van der Waals surface area contributed by atoms with Gasteiger partial charge in [0.15, 0.2) is 5.15 Å². The van der Waals surface area contributed by atoms with Crippen molar-refractivity contribution in [2.24, 2.45) is 0 Å². The Morgan fingerprint density at radius 3 is 2.62 bits per heavy atom.